The highest BCUT2D eigenvalue weighted by Gasteiger charge is 1.65. The molecular weight excluding hydrogens is 172 g/mol. The SMILES string of the molecule is [c]1nnns1.[c]1nnsn1. The van der Waals surface area contributed by atoms with E-state index in [4.69, 9.17) is 0 Å². The lowest BCUT2D eigenvalue weighted by molar-refractivity contribution is 0.955. The predicted molar refractivity (Wildman–Crippen MR) is 33.1 cm³/mol. The summed E-state index contributed by atoms with van der Waals surface area (Å²) >= 11 is 2.16. The average molecular weight is 172 g/mol. The van der Waals surface area contributed by atoms with E-state index in [1.807, 2.05) is 0 Å². The highest BCUT2D eigenvalue weighted by molar-refractivity contribution is 7.02. The van der Waals surface area contributed by atoms with Gasteiger partial charge in [-0.15, -0.1) is 14.6 Å². The van der Waals surface area contributed by atoms with Crippen LogP contribution >= 0.6 is 23.3 Å². The van der Waals surface area contributed by atoms with Crippen LogP contribution in [0.3, 0.4) is 0 Å². The van der Waals surface area contributed by atoms with E-state index in [0.717, 1.165) is 23.3 Å². The van der Waals surface area contributed by atoms with E-state index in [2.05, 4.69) is 40.6 Å². The molecule has 2 heterocycles. The second-order valence-corrected chi connectivity index (χ2v) is 1.95. The van der Waals surface area contributed by atoms with Gasteiger partial charge in [-0.2, -0.15) is 0 Å². The zero-order valence-corrected chi connectivity index (χ0v) is 6.13. The fraction of sp³-hybridized carbons (Fsp3) is 0. The van der Waals surface area contributed by atoms with Gasteiger partial charge in [0.2, 0.25) is 6.33 Å². The van der Waals surface area contributed by atoms with Crippen LogP contribution in [-0.4, -0.2) is 28.8 Å². The zero-order chi connectivity index (χ0) is 7.07. The molecule has 0 atom stereocenters. The molecule has 2 rings (SSSR count). The van der Waals surface area contributed by atoms with Gasteiger partial charge in [-0.1, -0.05) is 8.98 Å². The Morgan fingerprint density at radius 2 is 2.10 bits per heavy atom. The van der Waals surface area contributed by atoms with Crippen molar-refractivity contribution in [1.29, 1.82) is 0 Å². The van der Waals surface area contributed by atoms with Crippen LogP contribution in [0.5, 0.6) is 0 Å². The molecule has 2 aromatic rings. The third-order valence-corrected chi connectivity index (χ3v) is 1.04. The standard InChI is InChI=1S/2CN3S/c1-2-3-4-5-1;1-2-4-5-3-1. The monoisotopic (exact) mass is 172 g/mol. The molecule has 10 heavy (non-hydrogen) atoms. The van der Waals surface area contributed by atoms with Crippen LogP contribution in [0.4, 0.5) is 0 Å². The molecule has 0 aliphatic rings. The number of rotatable bonds is 0. The largest absolute Gasteiger partial charge is 0.236 e. The predicted octanol–water partition coefficient (Wildman–Crippen LogP) is -0.533. The van der Waals surface area contributed by atoms with Crippen LogP contribution in [-0.2, 0) is 0 Å². The minimum atomic E-state index is 1.05. The normalized spacial score (nSPS) is 8.00. The van der Waals surface area contributed by atoms with E-state index < -0.39 is 0 Å². The molecule has 0 bridgehead atoms. The Kier molecular flexibility index (Phi) is 3.42. The molecule has 2 radical (unpaired) electrons. The van der Waals surface area contributed by atoms with Gasteiger partial charge in [0.1, 0.15) is 0 Å². The van der Waals surface area contributed by atoms with Crippen molar-refractivity contribution < 1.29 is 0 Å². The van der Waals surface area contributed by atoms with Crippen molar-refractivity contribution in [2.45, 2.75) is 0 Å². The van der Waals surface area contributed by atoms with Crippen LogP contribution in [0.25, 0.3) is 0 Å². The molecule has 0 aliphatic heterocycles. The van der Waals surface area contributed by atoms with Crippen molar-refractivity contribution in [2.24, 2.45) is 0 Å². The average Bonchev–Trinajstić information content (AvgIpc) is 2.67. The van der Waals surface area contributed by atoms with Crippen molar-refractivity contribution in [3.8, 4) is 0 Å². The van der Waals surface area contributed by atoms with Gasteiger partial charge in [-0.25, -0.2) is 0 Å². The van der Waals surface area contributed by atoms with E-state index in [1.165, 1.54) is 0 Å². The van der Waals surface area contributed by atoms with Crippen LogP contribution in [0, 0.1) is 11.8 Å². The second-order valence-electron chi connectivity index (χ2n) is 0.908. The first-order valence-electron chi connectivity index (χ1n) is 2.02. The highest BCUT2D eigenvalue weighted by atomic mass is 32.1. The first kappa shape index (κ1) is 7.09. The molecular formula is C2N6S2. The maximum Gasteiger partial charge on any atom is 0.236 e. The maximum atomic E-state index is 3.42. The number of nitrogens with zero attached hydrogens (tertiary/aromatic N) is 6. The van der Waals surface area contributed by atoms with E-state index in [-0.39, 0.29) is 0 Å². The first-order valence-corrected chi connectivity index (χ1v) is 3.53. The Labute approximate surface area is 64.4 Å². The van der Waals surface area contributed by atoms with Crippen LogP contribution in [0.15, 0.2) is 0 Å². The van der Waals surface area contributed by atoms with Crippen LogP contribution in [0.1, 0.15) is 0 Å². The number of aromatic nitrogens is 6. The number of hydrogen-bond acceptors (Lipinski definition) is 8. The molecule has 0 saturated carbocycles. The summed E-state index contributed by atoms with van der Waals surface area (Å²) in [4.78, 5) is 0. The summed E-state index contributed by atoms with van der Waals surface area (Å²) in [5, 5.41) is 9.69. The van der Waals surface area contributed by atoms with Gasteiger partial charge in [0.05, 0.1) is 11.7 Å². The van der Waals surface area contributed by atoms with Gasteiger partial charge in [-0.05, 0) is 5.21 Å². The fourth-order valence-corrected chi connectivity index (χ4v) is 0.548. The Morgan fingerprint density at radius 1 is 1.10 bits per heavy atom. The summed E-state index contributed by atoms with van der Waals surface area (Å²) in [5.41, 5.74) is 2.43. The van der Waals surface area contributed by atoms with Crippen molar-refractivity contribution in [2.75, 3.05) is 0 Å². The Balaban J connectivity index is 0.0000001000. The third-order valence-electron chi connectivity index (χ3n) is 0.407. The fourth-order valence-electron chi connectivity index (χ4n) is 0.183. The topological polar surface area (TPSA) is 77.3 Å². The van der Waals surface area contributed by atoms with Crippen LogP contribution < -0.4 is 0 Å². The smallest absolute Gasteiger partial charge is 0.147 e. The Hall–Kier alpha value is -1.02. The second kappa shape index (κ2) is 4.82. The maximum absolute atomic E-state index is 3.42. The molecule has 0 aromatic carbocycles. The number of hydrogen-bond donors (Lipinski definition) is 0. The van der Waals surface area contributed by atoms with Crippen molar-refractivity contribution in [1.82, 2.24) is 28.8 Å². The lowest BCUT2D eigenvalue weighted by atomic mass is 11.5. The minimum absolute atomic E-state index is 1.05. The molecule has 0 aliphatic carbocycles. The molecule has 0 saturated heterocycles. The van der Waals surface area contributed by atoms with E-state index in [0.29, 0.717) is 0 Å². The lowest BCUT2D eigenvalue weighted by Gasteiger charge is -1.38. The van der Waals surface area contributed by atoms with Gasteiger partial charge in [-0.3, -0.25) is 0 Å². The summed E-state index contributed by atoms with van der Waals surface area (Å²) in [5.74, 6) is 0. The van der Waals surface area contributed by atoms with Gasteiger partial charge in [0.15, 0.2) is 5.51 Å². The molecule has 0 spiro atoms. The molecule has 0 unspecified atom stereocenters. The molecule has 2 aromatic heterocycles. The molecule has 6 nitrogen and oxygen atoms in total. The zero-order valence-electron chi connectivity index (χ0n) is 4.50. The van der Waals surface area contributed by atoms with Gasteiger partial charge >= 0.3 is 0 Å². The minimum Gasteiger partial charge on any atom is -0.147 e. The summed E-state index contributed by atoms with van der Waals surface area (Å²) in [6, 6.07) is 0. The third kappa shape index (κ3) is 3.10. The van der Waals surface area contributed by atoms with Gasteiger partial charge in [0, 0.05) is 11.5 Å². The molecule has 50 valence electrons. The van der Waals surface area contributed by atoms with Gasteiger partial charge in [0.25, 0.3) is 0 Å². The molecule has 0 fully saturated rings. The summed E-state index contributed by atoms with van der Waals surface area (Å²) < 4.78 is 10.1. The van der Waals surface area contributed by atoms with Crippen molar-refractivity contribution in [3.63, 3.8) is 0 Å². The lowest BCUT2D eigenvalue weighted by Crippen LogP contribution is -1.61. The van der Waals surface area contributed by atoms with Gasteiger partial charge < -0.3 is 0 Å². The molecule has 8 heteroatoms. The van der Waals surface area contributed by atoms with E-state index in [1.54, 1.807) is 0 Å². The summed E-state index contributed by atoms with van der Waals surface area (Å²) in [7, 11) is 0. The van der Waals surface area contributed by atoms with Crippen molar-refractivity contribution in [3.05, 3.63) is 11.8 Å². The summed E-state index contributed by atoms with van der Waals surface area (Å²) in [6.07, 6.45) is 2.27. The quantitative estimate of drug-likeness (QED) is 0.531. The molecule has 0 N–H and O–H groups in total. The van der Waals surface area contributed by atoms with Crippen molar-refractivity contribution >= 4 is 23.3 Å². The molecule has 0 amide bonds. The van der Waals surface area contributed by atoms with E-state index in [9.17, 15) is 0 Å². The Morgan fingerprint density at radius 3 is 2.30 bits per heavy atom. The van der Waals surface area contributed by atoms with Crippen LogP contribution in [0.2, 0.25) is 0 Å². The Bertz CT molecular complexity index is 153. The first-order chi connectivity index (χ1) is 5.00. The summed E-state index contributed by atoms with van der Waals surface area (Å²) in [6.45, 7) is 0. The van der Waals surface area contributed by atoms with E-state index >= 15 is 0 Å². The highest BCUT2D eigenvalue weighted by Crippen LogP contribution is 1.70.